The molecule has 2 heterocycles. The van der Waals surface area contributed by atoms with Crippen LogP contribution in [0.2, 0.25) is 0 Å². The molecule has 0 unspecified atom stereocenters. The first-order valence-corrected chi connectivity index (χ1v) is 14.7. The molecule has 0 radical (unpaired) electrons. The molecule has 1 aromatic rings. The van der Waals surface area contributed by atoms with Crippen LogP contribution in [0.25, 0.3) is 0 Å². The summed E-state index contributed by atoms with van der Waals surface area (Å²) in [6.45, 7) is 3.56. The Balaban J connectivity index is 1.33. The maximum atomic E-state index is 13.1. The molecule has 202 valence electrons. The van der Waals surface area contributed by atoms with E-state index in [-0.39, 0.29) is 43.2 Å². The van der Waals surface area contributed by atoms with E-state index in [9.17, 15) is 22.4 Å². The van der Waals surface area contributed by atoms with Crippen LogP contribution in [-0.4, -0.2) is 61.4 Å². The van der Waals surface area contributed by atoms with Crippen molar-refractivity contribution in [2.24, 2.45) is 10.9 Å². The highest BCUT2D eigenvalue weighted by Crippen LogP contribution is 2.36. The Bertz CT molecular complexity index is 1190. The van der Waals surface area contributed by atoms with Crippen molar-refractivity contribution in [1.82, 2.24) is 9.62 Å². The summed E-state index contributed by atoms with van der Waals surface area (Å²) in [6.07, 6.45) is 7.15. The molecule has 2 fully saturated rings. The molecule has 2 aliphatic heterocycles. The summed E-state index contributed by atoms with van der Waals surface area (Å²) in [5.74, 6) is 0.645. The normalized spacial score (nSPS) is 22.0. The monoisotopic (exact) mass is 532 g/mol. The number of carbonyl (C=O) groups is 2. The summed E-state index contributed by atoms with van der Waals surface area (Å²) in [6, 6.07) is 5.48. The molecule has 0 bridgehead atoms. The predicted molar refractivity (Wildman–Crippen MR) is 143 cm³/mol. The number of sulfonamides is 1. The fourth-order valence-corrected chi connectivity index (χ4v) is 7.03. The van der Waals surface area contributed by atoms with Gasteiger partial charge in [-0.3, -0.25) is 19.0 Å². The summed E-state index contributed by atoms with van der Waals surface area (Å²) < 4.78 is 40.1. The van der Waals surface area contributed by atoms with Gasteiger partial charge in [0.25, 0.3) is 5.91 Å². The number of halogens is 1. The van der Waals surface area contributed by atoms with Crippen molar-refractivity contribution in [1.29, 1.82) is 0 Å². The number of hydrogen-bond donors (Lipinski definition) is 2. The zero-order valence-corrected chi connectivity index (χ0v) is 22.5. The van der Waals surface area contributed by atoms with Crippen LogP contribution in [0.4, 0.5) is 10.1 Å². The minimum Gasteiger partial charge on any atom is -0.326 e. The van der Waals surface area contributed by atoms with E-state index in [0.29, 0.717) is 31.4 Å². The molecule has 37 heavy (non-hydrogen) atoms. The molecular weight excluding hydrogens is 495 g/mol. The number of rotatable bonds is 8. The summed E-state index contributed by atoms with van der Waals surface area (Å²) in [5.41, 5.74) is 2.95. The molecule has 2 N–H and O–H groups in total. The molecule has 1 saturated carbocycles. The van der Waals surface area contributed by atoms with Crippen molar-refractivity contribution < 1.29 is 22.4 Å². The summed E-state index contributed by atoms with van der Waals surface area (Å²) in [5, 5.41) is 5.74. The van der Waals surface area contributed by atoms with Crippen LogP contribution < -0.4 is 10.6 Å². The van der Waals surface area contributed by atoms with Gasteiger partial charge >= 0.3 is 0 Å². The molecule has 1 aromatic carbocycles. The lowest BCUT2D eigenvalue weighted by Gasteiger charge is -2.34. The Hall–Kier alpha value is -2.59. The van der Waals surface area contributed by atoms with E-state index in [1.165, 1.54) is 16.8 Å². The number of aryl methyl sites for hydroxylation is 2. The second kappa shape index (κ2) is 11.4. The minimum absolute atomic E-state index is 0.0125. The number of anilines is 1. The maximum absolute atomic E-state index is 13.1. The molecule has 2 amide bonds. The molecule has 0 aromatic heterocycles. The fourth-order valence-electron chi connectivity index (χ4n) is 5.56. The van der Waals surface area contributed by atoms with Gasteiger partial charge in [-0.1, -0.05) is 17.7 Å². The first-order valence-electron chi connectivity index (χ1n) is 13.1. The van der Waals surface area contributed by atoms with Crippen LogP contribution in [0, 0.1) is 12.8 Å². The van der Waals surface area contributed by atoms with Gasteiger partial charge in [0.1, 0.15) is 11.4 Å². The smallest absolute Gasteiger partial charge is 0.253 e. The number of allylic oxidation sites excluding steroid dienone is 2. The average molecular weight is 533 g/mol. The molecule has 8 nitrogen and oxygen atoms in total. The van der Waals surface area contributed by atoms with E-state index in [4.69, 9.17) is 4.99 Å². The number of nitrogens with one attached hydrogen (secondary N) is 2. The lowest BCUT2D eigenvalue weighted by atomic mass is 9.84. The van der Waals surface area contributed by atoms with Crippen LogP contribution in [0.3, 0.4) is 0 Å². The second-order valence-corrected chi connectivity index (χ2v) is 12.5. The number of carbonyl (C=O) groups excluding carboxylic acids is 2. The lowest BCUT2D eigenvalue weighted by Crippen LogP contribution is -2.51. The first-order chi connectivity index (χ1) is 17.6. The van der Waals surface area contributed by atoms with Crippen molar-refractivity contribution >= 4 is 33.4 Å². The van der Waals surface area contributed by atoms with Gasteiger partial charge in [0.2, 0.25) is 15.9 Å². The highest BCUT2D eigenvalue weighted by molar-refractivity contribution is 7.89. The van der Waals surface area contributed by atoms with E-state index in [1.54, 1.807) is 6.07 Å². The van der Waals surface area contributed by atoms with Crippen LogP contribution >= 0.6 is 0 Å². The zero-order valence-electron chi connectivity index (χ0n) is 21.7. The topological polar surface area (TPSA) is 108 Å². The Morgan fingerprint density at radius 1 is 1.27 bits per heavy atom. The number of amides is 2. The quantitative estimate of drug-likeness (QED) is 0.498. The van der Waals surface area contributed by atoms with Crippen molar-refractivity contribution in [2.45, 2.75) is 70.8 Å². The van der Waals surface area contributed by atoms with Crippen molar-refractivity contribution in [2.75, 3.05) is 30.8 Å². The van der Waals surface area contributed by atoms with Gasteiger partial charge in [0.15, 0.2) is 0 Å². The highest BCUT2D eigenvalue weighted by atomic mass is 32.2. The molecule has 1 aliphatic carbocycles. The third kappa shape index (κ3) is 6.46. The number of hydrogen-bond acceptors (Lipinski definition) is 5. The lowest BCUT2D eigenvalue weighted by molar-refractivity contribution is -0.125. The summed E-state index contributed by atoms with van der Waals surface area (Å²) >= 11 is 0. The van der Waals surface area contributed by atoms with Gasteiger partial charge in [-0.15, -0.1) is 0 Å². The Morgan fingerprint density at radius 3 is 2.59 bits per heavy atom. The Kier molecular flexibility index (Phi) is 8.48. The molecule has 4 rings (SSSR count). The molecule has 1 saturated heterocycles. The van der Waals surface area contributed by atoms with Crippen molar-refractivity contribution in [3.05, 3.63) is 41.0 Å². The van der Waals surface area contributed by atoms with Gasteiger partial charge in [0, 0.05) is 31.6 Å². The van der Waals surface area contributed by atoms with Crippen LogP contribution in [0.1, 0.15) is 63.0 Å². The Labute approximate surface area is 218 Å². The van der Waals surface area contributed by atoms with E-state index in [1.807, 2.05) is 25.1 Å². The summed E-state index contributed by atoms with van der Waals surface area (Å²) in [7, 11) is -3.49. The zero-order chi connectivity index (χ0) is 26.6. The predicted octanol–water partition coefficient (Wildman–Crippen LogP) is 3.66. The van der Waals surface area contributed by atoms with Crippen LogP contribution in [0.15, 0.2) is 34.8 Å². The van der Waals surface area contributed by atoms with Crippen LogP contribution in [0.5, 0.6) is 0 Å². The fraction of sp³-hybridized carbons (Fsp3) is 0.593. The van der Waals surface area contributed by atoms with Gasteiger partial charge in [0.05, 0.1) is 12.4 Å². The van der Waals surface area contributed by atoms with Crippen molar-refractivity contribution in [3.63, 3.8) is 0 Å². The number of nitrogens with zero attached hydrogens (tertiary/aromatic N) is 2. The van der Waals surface area contributed by atoms with Gasteiger partial charge in [-0.05, 0) is 81.5 Å². The largest absolute Gasteiger partial charge is 0.326 e. The van der Waals surface area contributed by atoms with Crippen molar-refractivity contribution in [3.8, 4) is 0 Å². The Morgan fingerprint density at radius 2 is 1.97 bits per heavy atom. The van der Waals surface area contributed by atoms with E-state index in [2.05, 4.69) is 10.6 Å². The molecular formula is C27H37FN4O4S. The van der Waals surface area contributed by atoms with E-state index >= 15 is 0 Å². The molecule has 3 aliphatic rings. The first kappa shape index (κ1) is 27.4. The summed E-state index contributed by atoms with van der Waals surface area (Å²) in [4.78, 5) is 29.0. The van der Waals surface area contributed by atoms with Gasteiger partial charge < -0.3 is 10.6 Å². The average Bonchev–Trinajstić information content (AvgIpc) is 3.17. The van der Waals surface area contributed by atoms with E-state index in [0.717, 1.165) is 42.6 Å². The maximum Gasteiger partial charge on any atom is 0.253 e. The number of aliphatic imine (C=N–C) groups is 1. The molecule has 0 atom stereocenters. The number of amidine groups is 1. The number of alkyl halides is 1. The number of piperidine rings is 1. The van der Waals surface area contributed by atoms with Gasteiger partial charge in [-0.25, -0.2) is 12.7 Å². The second-order valence-electron chi connectivity index (χ2n) is 10.4. The third-order valence-electron chi connectivity index (χ3n) is 7.79. The molecule has 10 heteroatoms. The third-order valence-corrected chi connectivity index (χ3v) is 9.66. The minimum atomic E-state index is -3.49. The van der Waals surface area contributed by atoms with E-state index < -0.39 is 15.6 Å². The standard InChI is InChI=1S/C27H37FN4O4S/c1-19-18-24(29-20(2)33)10-9-22(19)11-17-37(35,36)32-15-12-27(13-16-32)26(34)30-25(31-27)23-7-5-21(6-8-23)4-3-14-28/h4,9-10,18,23H,3,5-8,11-17H2,1-2H3,(H,29,33)(H,30,31,34). The SMILES string of the molecule is CC(=O)Nc1ccc(CCS(=O)(=O)N2CCC3(CC2)N=C(C2CCC(=CCCF)CC2)NC3=O)c(C)c1. The molecule has 1 spiro atoms. The highest BCUT2D eigenvalue weighted by Gasteiger charge is 2.48. The van der Waals surface area contributed by atoms with Crippen LogP contribution in [-0.2, 0) is 26.0 Å². The van der Waals surface area contributed by atoms with Gasteiger partial charge in [-0.2, -0.15) is 0 Å². The number of benzene rings is 1.